The van der Waals surface area contributed by atoms with Gasteiger partial charge in [-0.1, -0.05) is 53.2 Å². The predicted octanol–water partition coefficient (Wildman–Crippen LogP) is 5.18. The molecule has 0 aliphatic heterocycles. The minimum atomic E-state index is -0.282. The number of rotatable bonds is 9. The molecule has 0 aromatic heterocycles. The van der Waals surface area contributed by atoms with Crippen LogP contribution in [0.15, 0.2) is 71.9 Å². The molecule has 0 saturated carbocycles. The molecule has 0 bridgehead atoms. The summed E-state index contributed by atoms with van der Waals surface area (Å²) in [6.07, 6.45) is 1.53. The Bertz CT molecular complexity index is 1040. The number of nitrogens with one attached hydrogen (secondary N) is 1. The molecular formula is C24H23IN2O4. The minimum absolute atomic E-state index is 0.183. The fraction of sp³-hybridized carbons (Fsp3) is 0.167. The Labute approximate surface area is 195 Å². The van der Waals surface area contributed by atoms with E-state index in [4.69, 9.17) is 14.3 Å². The summed E-state index contributed by atoms with van der Waals surface area (Å²) in [5, 5.41) is 6.62. The van der Waals surface area contributed by atoms with Crippen molar-refractivity contribution in [3.63, 3.8) is 0 Å². The lowest BCUT2D eigenvalue weighted by Gasteiger charge is -2.13. The van der Waals surface area contributed by atoms with E-state index in [0.717, 1.165) is 14.7 Å². The standard InChI is InChI=1S/C24H23IN2O4/c1-17-8-10-18(11-9-17)15-30-24-21(25)12-19(13-22(24)29-2)14-26-31-16-23(28)27-20-6-4-3-5-7-20/h3-14H,15-16H2,1-2H3,(H,27,28)/b26-14+. The highest BCUT2D eigenvalue weighted by Gasteiger charge is 2.12. The molecule has 1 N–H and O–H groups in total. The lowest BCUT2D eigenvalue weighted by atomic mass is 10.2. The molecule has 0 atom stereocenters. The normalized spacial score (nSPS) is 10.7. The highest BCUT2D eigenvalue weighted by atomic mass is 127. The quantitative estimate of drug-likeness (QED) is 0.235. The fourth-order valence-corrected chi connectivity index (χ4v) is 3.49. The van der Waals surface area contributed by atoms with Crippen LogP contribution in [0.1, 0.15) is 16.7 Å². The van der Waals surface area contributed by atoms with Crippen molar-refractivity contribution in [1.82, 2.24) is 0 Å². The van der Waals surface area contributed by atoms with E-state index >= 15 is 0 Å². The van der Waals surface area contributed by atoms with Gasteiger partial charge in [-0.05, 0) is 59.3 Å². The number of benzene rings is 3. The first-order valence-corrected chi connectivity index (χ1v) is 10.7. The molecule has 0 aliphatic carbocycles. The van der Waals surface area contributed by atoms with Crippen molar-refractivity contribution in [2.45, 2.75) is 13.5 Å². The summed E-state index contributed by atoms with van der Waals surface area (Å²) in [5.41, 5.74) is 3.77. The van der Waals surface area contributed by atoms with Gasteiger partial charge in [-0.15, -0.1) is 0 Å². The predicted molar refractivity (Wildman–Crippen MR) is 130 cm³/mol. The molecule has 0 heterocycles. The Balaban J connectivity index is 1.57. The number of nitrogens with zero attached hydrogens (tertiary/aromatic N) is 1. The number of anilines is 1. The second-order valence-corrected chi connectivity index (χ2v) is 7.89. The van der Waals surface area contributed by atoms with Crippen molar-refractivity contribution in [3.05, 3.63) is 87.0 Å². The zero-order chi connectivity index (χ0) is 22.1. The van der Waals surface area contributed by atoms with E-state index in [-0.39, 0.29) is 12.5 Å². The van der Waals surface area contributed by atoms with Crippen molar-refractivity contribution in [1.29, 1.82) is 0 Å². The third-order valence-electron chi connectivity index (χ3n) is 4.29. The van der Waals surface area contributed by atoms with Crippen LogP contribution < -0.4 is 14.8 Å². The van der Waals surface area contributed by atoms with E-state index in [9.17, 15) is 4.79 Å². The molecule has 6 nitrogen and oxygen atoms in total. The number of hydrogen-bond acceptors (Lipinski definition) is 5. The Hall–Kier alpha value is -3.07. The van der Waals surface area contributed by atoms with Crippen molar-refractivity contribution < 1.29 is 19.1 Å². The largest absolute Gasteiger partial charge is 0.493 e. The molecular weight excluding hydrogens is 507 g/mol. The number of ether oxygens (including phenoxy) is 2. The Morgan fingerprint density at radius 2 is 1.84 bits per heavy atom. The van der Waals surface area contributed by atoms with Crippen molar-refractivity contribution in [2.75, 3.05) is 19.0 Å². The summed E-state index contributed by atoms with van der Waals surface area (Å²) in [5.74, 6) is 0.988. The fourth-order valence-electron chi connectivity index (χ4n) is 2.71. The molecule has 31 heavy (non-hydrogen) atoms. The summed E-state index contributed by atoms with van der Waals surface area (Å²) in [4.78, 5) is 17.0. The lowest BCUT2D eigenvalue weighted by molar-refractivity contribution is -0.120. The Morgan fingerprint density at radius 3 is 2.55 bits per heavy atom. The molecule has 3 rings (SSSR count). The van der Waals surface area contributed by atoms with Gasteiger partial charge in [0, 0.05) is 11.3 Å². The van der Waals surface area contributed by atoms with Crippen LogP contribution in [0, 0.1) is 10.5 Å². The molecule has 1 amide bonds. The van der Waals surface area contributed by atoms with Gasteiger partial charge >= 0.3 is 0 Å². The molecule has 3 aromatic rings. The molecule has 0 spiro atoms. The zero-order valence-electron chi connectivity index (χ0n) is 17.3. The van der Waals surface area contributed by atoms with Crippen molar-refractivity contribution >= 4 is 40.4 Å². The zero-order valence-corrected chi connectivity index (χ0v) is 19.5. The van der Waals surface area contributed by atoms with E-state index in [1.807, 2.05) is 42.5 Å². The van der Waals surface area contributed by atoms with Crippen LogP contribution in [0.25, 0.3) is 0 Å². The minimum Gasteiger partial charge on any atom is -0.493 e. The number of carbonyl (C=O) groups excluding carboxylic acids is 1. The summed E-state index contributed by atoms with van der Waals surface area (Å²) < 4.78 is 12.4. The highest BCUT2D eigenvalue weighted by molar-refractivity contribution is 14.1. The van der Waals surface area contributed by atoms with Gasteiger partial charge in [-0.25, -0.2) is 0 Å². The van der Waals surface area contributed by atoms with Crippen LogP contribution in [-0.2, 0) is 16.2 Å². The van der Waals surface area contributed by atoms with E-state index in [2.05, 4.69) is 52.1 Å². The number of halogens is 1. The maximum Gasteiger partial charge on any atom is 0.265 e. The molecule has 0 radical (unpaired) electrons. The Kier molecular flexibility index (Phi) is 8.28. The average molecular weight is 530 g/mol. The topological polar surface area (TPSA) is 69.2 Å². The molecule has 0 aliphatic rings. The van der Waals surface area contributed by atoms with Gasteiger partial charge in [0.1, 0.15) is 6.61 Å². The van der Waals surface area contributed by atoms with Crippen LogP contribution >= 0.6 is 22.6 Å². The second kappa shape index (κ2) is 11.4. The van der Waals surface area contributed by atoms with Gasteiger partial charge in [0.15, 0.2) is 18.1 Å². The van der Waals surface area contributed by atoms with E-state index < -0.39 is 0 Å². The first-order chi connectivity index (χ1) is 15.0. The Morgan fingerprint density at radius 1 is 1.10 bits per heavy atom. The third-order valence-corrected chi connectivity index (χ3v) is 5.09. The number of amides is 1. The number of carbonyl (C=O) groups is 1. The van der Waals surface area contributed by atoms with Gasteiger partial charge in [0.2, 0.25) is 0 Å². The third kappa shape index (κ3) is 6.99. The monoisotopic (exact) mass is 530 g/mol. The molecule has 0 unspecified atom stereocenters. The van der Waals surface area contributed by atoms with Gasteiger partial charge in [-0.2, -0.15) is 0 Å². The van der Waals surface area contributed by atoms with Crippen LogP contribution in [0.2, 0.25) is 0 Å². The SMILES string of the molecule is COc1cc(/C=N/OCC(=O)Nc2ccccc2)cc(I)c1OCc1ccc(C)cc1. The summed E-state index contributed by atoms with van der Waals surface area (Å²) in [7, 11) is 1.59. The first kappa shape index (κ1) is 22.6. The van der Waals surface area contributed by atoms with Gasteiger partial charge < -0.3 is 19.6 Å². The number of para-hydroxylation sites is 1. The molecule has 160 valence electrons. The first-order valence-electron chi connectivity index (χ1n) is 9.61. The molecule has 7 heteroatoms. The van der Waals surface area contributed by atoms with Gasteiger partial charge in [0.05, 0.1) is 16.9 Å². The van der Waals surface area contributed by atoms with Crippen molar-refractivity contribution in [2.24, 2.45) is 5.16 Å². The number of oxime groups is 1. The molecule has 3 aromatic carbocycles. The highest BCUT2D eigenvalue weighted by Crippen LogP contribution is 2.34. The van der Waals surface area contributed by atoms with Crippen LogP contribution in [0.4, 0.5) is 5.69 Å². The maximum absolute atomic E-state index is 11.9. The maximum atomic E-state index is 11.9. The van der Waals surface area contributed by atoms with Crippen LogP contribution in [0.3, 0.4) is 0 Å². The number of aryl methyl sites for hydroxylation is 1. The molecule has 0 fully saturated rings. The van der Waals surface area contributed by atoms with Crippen molar-refractivity contribution in [3.8, 4) is 11.5 Å². The van der Waals surface area contributed by atoms with Crippen LogP contribution in [0.5, 0.6) is 11.5 Å². The second-order valence-electron chi connectivity index (χ2n) is 6.73. The van der Waals surface area contributed by atoms with Gasteiger partial charge in [0.25, 0.3) is 5.91 Å². The van der Waals surface area contributed by atoms with Gasteiger partial charge in [-0.3, -0.25) is 4.79 Å². The van der Waals surface area contributed by atoms with Crippen LogP contribution in [-0.4, -0.2) is 25.8 Å². The number of methoxy groups -OCH3 is 1. The number of hydrogen-bond donors (Lipinski definition) is 1. The van der Waals surface area contributed by atoms with E-state index in [1.165, 1.54) is 11.8 Å². The lowest BCUT2D eigenvalue weighted by Crippen LogP contribution is -2.16. The summed E-state index contributed by atoms with van der Waals surface area (Å²) in [6.45, 7) is 2.31. The van der Waals surface area contributed by atoms with E-state index in [0.29, 0.717) is 23.8 Å². The van der Waals surface area contributed by atoms with E-state index in [1.54, 1.807) is 19.2 Å². The smallest absolute Gasteiger partial charge is 0.265 e. The summed E-state index contributed by atoms with van der Waals surface area (Å²) in [6, 6.07) is 21.1. The average Bonchev–Trinajstić information content (AvgIpc) is 2.77. The molecule has 0 saturated heterocycles. The summed E-state index contributed by atoms with van der Waals surface area (Å²) >= 11 is 2.20.